The Morgan fingerprint density at radius 3 is 2.50 bits per heavy atom. The van der Waals surface area contributed by atoms with Gasteiger partial charge in [0.2, 0.25) is 0 Å². The summed E-state index contributed by atoms with van der Waals surface area (Å²) in [5.74, 6) is 0. The molecule has 0 bridgehead atoms. The van der Waals surface area contributed by atoms with Crippen LogP contribution in [0.1, 0.15) is 26.7 Å². The molecule has 0 fully saturated rings. The average Bonchev–Trinajstić information content (AvgIpc) is 1.63. The first kappa shape index (κ1) is 13.7. The Morgan fingerprint density at radius 1 is 1.70 bits per heavy atom. The Kier molecular flexibility index (Phi) is 11.2. The van der Waals surface area contributed by atoms with Crippen LogP contribution in [0.2, 0.25) is 0 Å². The summed E-state index contributed by atoms with van der Waals surface area (Å²) in [7, 11) is 0. The third-order valence-electron chi connectivity index (χ3n) is 0.993. The van der Waals surface area contributed by atoms with Crippen LogP contribution in [0, 0.1) is 0 Å². The molecule has 0 N–H and O–H groups in total. The van der Waals surface area contributed by atoms with Crippen molar-refractivity contribution in [1.82, 2.24) is 0 Å². The average molecular weight is 186 g/mol. The molecule has 0 amide bonds. The topological polar surface area (TPSA) is 9.23 Å². The fourth-order valence-corrected chi connectivity index (χ4v) is 0.958. The van der Waals surface area contributed by atoms with Gasteiger partial charge < -0.3 is 29.6 Å². The smallest absolute Gasteiger partial charge is 0.511 e. The van der Waals surface area contributed by atoms with E-state index in [0.29, 0.717) is 0 Å². The molecule has 0 aliphatic rings. The minimum Gasteiger partial charge on any atom is -0.511 e. The number of hydrogen-bond donors (Lipinski definition) is 0. The Bertz CT molecular complexity index is 97.7. The summed E-state index contributed by atoms with van der Waals surface area (Å²) >= 11 is 9.16. The molecule has 0 aromatic heterocycles. The second-order valence-electron chi connectivity index (χ2n) is 1.97. The summed E-state index contributed by atoms with van der Waals surface area (Å²) in [5, 5.41) is 0. The summed E-state index contributed by atoms with van der Waals surface area (Å²) in [5.41, 5.74) is 0. The van der Waals surface area contributed by atoms with Crippen LogP contribution < -0.4 is 29.6 Å². The molecule has 0 aromatic rings. The molecule has 1 atom stereocenters. The zero-order valence-electron chi connectivity index (χ0n) is 6.72. The van der Waals surface area contributed by atoms with Gasteiger partial charge in [0, 0.05) is 4.38 Å². The van der Waals surface area contributed by atoms with E-state index in [-0.39, 0.29) is 40.0 Å². The van der Waals surface area contributed by atoms with E-state index < -0.39 is 0 Å². The Balaban J connectivity index is 0. The van der Waals surface area contributed by atoms with Gasteiger partial charge in [-0.1, -0.05) is 13.3 Å². The number of hydrogen-bond acceptors (Lipinski definition) is 3. The maximum absolute atomic E-state index is 5.04. The molecule has 0 spiro atoms. The van der Waals surface area contributed by atoms with Crippen LogP contribution in [0.25, 0.3) is 0 Å². The third kappa shape index (κ3) is 9.11. The first-order valence-corrected chi connectivity index (χ1v) is 3.86. The predicted molar refractivity (Wildman–Crippen MR) is 45.4 cm³/mol. The van der Waals surface area contributed by atoms with E-state index in [0.717, 1.165) is 12.8 Å². The Morgan fingerprint density at radius 2 is 2.20 bits per heavy atom. The van der Waals surface area contributed by atoms with E-state index in [1.807, 2.05) is 6.92 Å². The van der Waals surface area contributed by atoms with E-state index in [9.17, 15) is 0 Å². The fraction of sp³-hybridized carbons (Fsp3) is 0.833. The Hall–Kier alpha value is 1.11. The largest absolute Gasteiger partial charge is 1.00 e. The van der Waals surface area contributed by atoms with Gasteiger partial charge in [-0.3, -0.25) is 0 Å². The van der Waals surface area contributed by atoms with Gasteiger partial charge in [0.05, 0.1) is 6.10 Å². The van der Waals surface area contributed by atoms with Gasteiger partial charge >= 0.3 is 29.6 Å². The summed E-state index contributed by atoms with van der Waals surface area (Å²) in [6, 6.07) is 0. The summed E-state index contributed by atoms with van der Waals surface area (Å²) in [4.78, 5) is 0. The van der Waals surface area contributed by atoms with Crippen molar-refractivity contribution < 1.29 is 34.3 Å². The van der Waals surface area contributed by atoms with Crippen LogP contribution in [0.15, 0.2) is 0 Å². The van der Waals surface area contributed by atoms with Crippen molar-refractivity contribution in [3.8, 4) is 0 Å². The van der Waals surface area contributed by atoms with Gasteiger partial charge in [-0.25, -0.2) is 0 Å². The number of ether oxygens (including phenoxy) is 1. The summed E-state index contributed by atoms with van der Waals surface area (Å²) in [6.07, 6.45) is 2.33. The van der Waals surface area contributed by atoms with Crippen LogP contribution in [0.5, 0.6) is 0 Å². The van der Waals surface area contributed by atoms with E-state index in [1.165, 1.54) is 0 Å². The van der Waals surface area contributed by atoms with Crippen molar-refractivity contribution in [3.63, 3.8) is 0 Å². The second-order valence-corrected chi connectivity index (χ2v) is 2.97. The molecule has 4 heteroatoms. The van der Waals surface area contributed by atoms with Gasteiger partial charge in [-0.15, -0.1) is 0 Å². The molecule has 0 radical (unpaired) electrons. The standard InChI is InChI=1S/C6H12OS2.Na/c1-3-4-5(2)7-6(8)9;/h5H,3-4H2,1-2H3,(H,8,9);/q;+1/p-1. The molecular formula is C6H11NaOS2. The molecule has 10 heavy (non-hydrogen) atoms. The summed E-state index contributed by atoms with van der Waals surface area (Å²) in [6.45, 7) is 4.08. The van der Waals surface area contributed by atoms with Crippen LogP contribution in [0.4, 0.5) is 0 Å². The van der Waals surface area contributed by atoms with Gasteiger partial charge in [-0.05, 0) is 13.3 Å². The molecule has 0 aromatic carbocycles. The zero-order valence-corrected chi connectivity index (χ0v) is 10.3. The molecule has 54 valence electrons. The van der Waals surface area contributed by atoms with Crippen molar-refractivity contribution in [3.05, 3.63) is 0 Å². The normalized spacial score (nSPS) is 11.4. The third-order valence-corrected chi connectivity index (χ3v) is 1.19. The maximum Gasteiger partial charge on any atom is 1.00 e. The first-order valence-electron chi connectivity index (χ1n) is 3.04. The van der Waals surface area contributed by atoms with Crippen molar-refractivity contribution >= 4 is 29.2 Å². The monoisotopic (exact) mass is 186 g/mol. The van der Waals surface area contributed by atoms with Gasteiger partial charge in [0.1, 0.15) is 0 Å². The molecule has 0 saturated carbocycles. The van der Waals surface area contributed by atoms with Gasteiger partial charge in [-0.2, -0.15) is 0 Å². The predicted octanol–water partition coefficient (Wildman–Crippen LogP) is -0.973. The minimum absolute atomic E-state index is 0. The zero-order chi connectivity index (χ0) is 7.28. The number of thiocarbonyl (C=S) groups is 1. The van der Waals surface area contributed by atoms with E-state index in [2.05, 4.69) is 31.8 Å². The van der Waals surface area contributed by atoms with E-state index in [4.69, 9.17) is 4.74 Å². The van der Waals surface area contributed by atoms with Crippen LogP contribution in [0.3, 0.4) is 0 Å². The van der Waals surface area contributed by atoms with Crippen molar-refractivity contribution in [1.29, 1.82) is 0 Å². The minimum atomic E-state index is 0. The van der Waals surface area contributed by atoms with Crippen LogP contribution in [-0.4, -0.2) is 10.5 Å². The molecule has 0 rings (SSSR count). The maximum atomic E-state index is 5.04. The molecule has 0 aliphatic heterocycles. The number of rotatable bonds is 3. The second kappa shape index (κ2) is 8.21. The van der Waals surface area contributed by atoms with E-state index in [1.54, 1.807) is 0 Å². The van der Waals surface area contributed by atoms with Crippen molar-refractivity contribution in [2.75, 3.05) is 0 Å². The summed E-state index contributed by atoms with van der Waals surface area (Å²) < 4.78 is 5.27. The van der Waals surface area contributed by atoms with Crippen molar-refractivity contribution in [2.24, 2.45) is 0 Å². The van der Waals surface area contributed by atoms with E-state index >= 15 is 0 Å². The molecular weight excluding hydrogens is 175 g/mol. The molecule has 0 saturated heterocycles. The van der Waals surface area contributed by atoms with Crippen molar-refractivity contribution in [2.45, 2.75) is 32.8 Å². The van der Waals surface area contributed by atoms with Crippen LogP contribution >= 0.6 is 12.2 Å². The molecule has 0 heterocycles. The molecule has 1 unspecified atom stereocenters. The fourth-order valence-electron chi connectivity index (χ4n) is 0.630. The SMILES string of the molecule is CCCC(C)OC(=S)[S-].[Na+]. The first-order chi connectivity index (χ1) is 4.16. The van der Waals surface area contributed by atoms with Gasteiger partial charge in [0.15, 0.2) is 0 Å². The molecule has 0 aliphatic carbocycles. The Labute approximate surface area is 95.6 Å². The van der Waals surface area contributed by atoms with Crippen LogP contribution in [-0.2, 0) is 17.4 Å². The quantitative estimate of drug-likeness (QED) is 0.319. The van der Waals surface area contributed by atoms with Gasteiger partial charge in [0.25, 0.3) is 0 Å². The molecule has 1 nitrogen and oxygen atoms in total.